The van der Waals surface area contributed by atoms with Gasteiger partial charge in [-0.25, -0.2) is 4.98 Å². The zero-order chi connectivity index (χ0) is 11.6. The molecule has 3 heteroatoms. The Balaban J connectivity index is 2.21. The molecule has 1 N–H and O–H groups in total. The van der Waals surface area contributed by atoms with Crippen LogP contribution >= 0.6 is 0 Å². The maximum atomic E-state index is 9.48. The van der Waals surface area contributed by atoms with Crippen LogP contribution in [0.3, 0.4) is 0 Å². The highest BCUT2D eigenvalue weighted by molar-refractivity contribution is 5.25. The first kappa shape index (κ1) is 11.4. The van der Waals surface area contributed by atoms with Crippen molar-refractivity contribution in [2.75, 3.05) is 6.61 Å². The summed E-state index contributed by atoms with van der Waals surface area (Å²) in [6.45, 7) is 4.16. The fraction of sp³-hybridized carbons (Fsp3) is 0.615. The number of pyridine rings is 1. The molecule has 16 heavy (non-hydrogen) atoms. The second-order valence-corrected chi connectivity index (χ2v) is 4.82. The first-order valence-corrected chi connectivity index (χ1v) is 5.91. The molecule has 0 amide bonds. The van der Waals surface area contributed by atoms with E-state index in [4.69, 9.17) is 4.74 Å². The van der Waals surface area contributed by atoms with Crippen molar-refractivity contribution in [3.8, 4) is 5.88 Å². The molecule has 0 unspecified atom stereocenters. The van der Waals surface area contributed by atoms with E-state index < -0.39 is 0 Å². The van der Waals surface area contributed by atoms with Crippen LogP contribution in [0.15, 0.2) is 18.2 Å². The molecule has 0 aliphatic heterocycles. The zero-order valence-electron chi connectivity index (χ0n) is 9.94. The molecule has 0 bridgehead atoms. The third-order valence-corrected chi connectivity index (χ3v) is 3.24. The number of rotatable bonds is 4. The predicted octanol–water partition coefficient (Wildman–Crippen LogP) is 2.28. The van der Waals surface area contributed by atoms with Crippen molar-refractivity contribution < 1.29 is 9.84 Å². The van der Waals surface area contributed by atoms with Crippen LogP contribution in [0.5, 0.6) is 5.88 Å². The molecule has 0 saturated heterocycles. The lowest BCUT2D eigenvalue weighted by Gasteiger charge is -2.39. The minimum Gasteiger partial charge on any atom is -0.475 e. The molecule has 1 aliphatic carbocycles. The van der Waals surface area contributed by atoms with Gasteiger partial charge in [0.2, 0.25) is 5.88 Å². The summed E-state index contributed by atoms with van der Waals surface area (Å²) < 4.78 is 5.57. The van der Waals surface area contributed by atoms with Gasteiger partial charge >= 0.3 is 0 Å². The Morgan fingerprint density at radius 3 is 2.69 bits per heavy atom. The van der Waals surface area contributed by atoms with Gasteiger partial charge in [-0.3, -0.25) is 0 Å². The number of aromatic nitrogens is 1. The molecule has 88 valence electrons. The minimum absolute atomic E-state index is 0.101. The van der Waals surface area contributed by atoms with Crippen LogP contribution in [0.25, 0.3) is 0 Å². The van der Waals surface area contributed by atoms with Gasteiger partial charge in [0, 0.05) is 11.5 Å². The summed E-state index contributed by atoms with van der Waals surface area (Å²) >= 11 is 0. The Morgan fingerprint density at radius 1 is 1.44 bits per heavy atom. The van der Waals surface area contributed by atoms with Crippen LogP contribution in [-0.4, -0.2) is 22.8 Å². The van der Waals surface area contributed by atoms with Crippen LogP contribution in [-0.2, 0) is 5.41 Å². The molecule has 1 aromatic rings. The predicted molar refractivity (Wildman–Crippen MR) is 62.6 cm³/mol. The summed E-state index contributed by atoms with van der Waals surface area (Å²) in [6, 6.07) is 5.81. The molecule has 0 atom stereocenters. The highest BCUT2D eigenvalue weighted by atomic mass is 16.5. The first-order valence-electron chi connectivity index (χ1n) is 5.91. The number of aliphatic hydroxyl groups excluding tert-OH is 1. The lowest BCUT2D eigenvalue weighted by molar-refractivity contribution is 0.115. The molecule has 1 fully saturated rings. The average molecular weight is 221 g/mol. The van der Waals surface area contributed by atoms with Crippen molar-refractivity contribution in [1.82, 2.24) is 4.98 Å². The van der Waals surface area contributed by atoms with Gasteiger partial charge in [0.25, 0.3) is 0 Å². The van der Waals surface area contributed by atoms with Crippen LogP contribution in [0.2, 0.25) is 0 Å². The molecule has 1 aromatic heterocycles. The maximum Gasteiger partial charge on any atom is 0.213 e. The average Bonchev–Trinajstić information content (AvgIpc) is 2.16. The smallest absolute Gasteiger partial charge is 0.213 e. The molecular weight excluding hydrogens is 202 g/mol. The van der Waals surface area contributed by atoms with E-state index in [2.05, 4.69) is 4.98 Å². The maximum absolute atomic E-state index is 9.48. The van der Waals surface area contributed by atoms with Gasteiger partial charge < -0.3 is 9.84 Å². The SMILES string of the molecule is CC(C)Oc1cccc(C2(CO)CCC2)n1. The monoisotopic (exact) mass is 221 g/mol. The van der Waals surface area contributed by atoms with E-state index in [1.165, 1.54) is 6.42 Å². The Kier molecular flexibility index (Phi) is 3.15. The minimum atomic E-state index is -0.101. The third-order valence-electron chi connectivity index (χ3n) is 3.24. The van der Waals surface area contributed by atoms with Crippen molar-refractivity contribution in [1.29, 1.82) is 0 Å². The number of hydrogen-bond acceptors (Lipinski definition) is 3. The van der Waals surface area contributed by atoms with Crippen molar-refractivity contribution >= 4 is 0 Å². The van der Waals surface area contributed by atoms with Crippen LogP contribution in [0, 0.1) is 0 Å². The topological polar surface area (TPSA) is 42.4 Å². The summed E-state index contributed by atoms with van der Waals surface area (Å²) in [5, 5.41) is 9.48. The van der Waals surface area contributed by atoms with Gasteiger partial charge in [-0.2, -0.15) is 0 Å². The van der Waals surface area contributed by atoms with Crippen molar-refractivity contribution in [2.24, 2.45) is 0 Å². The Bertz CT molecular complexity index is 353. The molecular formula is C13H19NO2. The Hall–Kier alpha value is -1.09. The van der Waals surface area contributed by atoms with Gasteiger partial charge in [-0.15, -0.1) is 0 Å². The Morgan fingerprint density at radius 2 is 2.19 bits per heavy atom. The normalized spacial score (nSPS) is 18.2. The second kappa shape index (κ2) is 4.42. The van der Waals surface area contributed by atoms with Crippen LogP contribution in [0.4, 0.5) is 0 Å². The molecule has 1 saturated carbocycles. The zero-order valence-corrected chi connectivity index (χ0v) is 9.94. The van der Waals surface area contributed by atoms with E-state index in [0.717, 1.165) is 18.5 Å². The van der Waals surface area contributed by atoms with Gasteiger partial charge in [-0.1, -0.05) is 12.5 Å². The molecule has 1 aliphatic rings. The first-order chi connectivity index (χ1) is 7.66. The molecule has 0 radical (unpaired) electrons. The largest absolute Gasteiger partial charge is 0.475 e. The quantitative estimate of drug-likeness (QED) is 0.848. The van der Waals surface area contributed by atoms with Gasteiger partial charge in [0.1, 0.15) is 0 Å². The molecule has 0 aromatic carbocycles. The standard InChI is InChI=1S/C13H19NO2/c1-10(2)16-12-6-3-5-11(14-12)13(9-15)7-4-8-13/h3,5-6,10,15H,4,7-9H2,1-2H3. The Labute approximate surface area is 96.5 Å². The van der Waals surface area contributed by atoms with E-state index in [-0.39, 0.29) is 18.1 Å². The fourth-order valence-electron chi connectivity index (χ4n) is 2.12. The molecule has 3 nitrogen and oxygen atoms in total. The van der Waals surface area contributed by atoms with E-state index in [1.807, 2.05) is 32.0 Å². The van der Waals surface area contributed by atoms with Crippen molar-refractivity contribution in [3.63, 3.8) is 0 Å². The van der Waals surface area contributed by atoms with E-state index in [0.29, 0.717) is 5.88 Å². The lowest BCUT2D eigenvalue weighted by Crippen LogP contribution is -2.38. The van der Waals surface area contributed by atoms with E-state index in [1.54, 1.807) is 0 Å². The van der Waals surface area contributed by atoms with E-state index >= 15 is 0 Å². The summed E-state index contributed by atoms with van der Waals surface area (Å²) in [5.41, 5.74) is 0.871. The van der Waals surface area contributed by atoms with Gasteiger partial charge in [0.15, 0.2) is 0 Å². The van der Waals surface area contributed by atoms with Crippen molar-refractivity contribution in [2.45, 2.75) is 44.6 Å². The number of hydrogen-bond donors (Lipinski definition) is 1. The van der Waals surface area contributed by atoms with Crippen molar-refractivity contribution in [3.05, 3.63) is 23.9 Å². The van der Waals surface area contributed by atoms with Crippen LogP contribution in [0.1, 0.15) is 38.8 Å². The highest BCUT2D eigenvalue weighted by Crippen LogP contribution is 2.42. The summed E-state index contributed by atoms with van der Waals surface area (Å²) in [6.07, 6.45) is 3.37. The number of aliphatic hydroxyl groups is 1. The molecule has 1 heterocycles. The molecule has 2 rings (SSSR count). The summed E-state index contributed by atoms with van der Waals surface area (Å²) in [7, 11) is 0. The van der Waals surface area contributed by atoms with E-state index in [9.17, 15) is 5.11 Å². The lowest BCUT2D eigenvalue weighted by atomic mass is 9.67. The number of ether oxygens (including phenoxy) is 1. The van der Waals surface area contributed by atoms with Gasteiger partial charge in [-0.05, 0) is 32.8 Å². The fourth-order valence-corrected chi connectivity index (χ4v) is 2.12. The summed E-state index contributed by atoms with van der Waals surface area (Å²) in [5.74, 6) is 0.659. The third kappa shape index (κ3) is 2.05. The molecule has 0 spiro atoms. The second-order valence-electron chi connectivity index (χ2n) is 4.82. The number of nitrogens with zero attached hydrogens (tertiary/aromatic N) is 1. The van der Waals surface area contributed by atoms with Gasteiger partial charge in [0.05, 0.1) is 18.4 Å². The summed E-state index contributed by atoms with van der Waals surface area (Å²) in [4.78, 5) is 4.50. The highest BCUT2D eigenvalue weighted by Gasteiger charge is 2.39. The van der Waals surface area contributed by atoms with Crippen LogP contribution < -0.4 is 4.74 Å².